The molecule has 21 heavy (non-hydrogen) atoms. The summed E-state index contributed by atoms with van der Waals surface area (Å²) >= 11 is 3.20. The van der Waals surface area contributed by atoms with Crippen LogP contribution < -0.4 is 5.32 Å². The molecule has 106 valence electrons. The number of nitrogens with one attached hydrogen (secondary N) is 1. The van der Waals surface area contributed by atoms with Gasteiger partial charge in [0.05, 0.1) is 12.1 Å². The van der Waals surface area contributed by atoms with Crippen LogP contribution in [0.4, 0.5) is 14.5 Å². The topological polar surface area (TPSA) is 52.9 Å². The van der Waals surface area contributed by atoms with Crippen LogP contribution in [-0.4, -0.2) is 12.3 Å². The Morgan fingerprint density at radius 1 is 1.19 bits per heavy atom. The minimum Gasteiger partial charge on any atom is -0.377 e. The highest BCUT2D eigenvalue weighted by Crippen LogP contribution is 2.18. The van der Waals surface area contributed by atoms with Gasteiger partial charge in [-0.15, -0.1) is 0 Å². The molecule has 0 atom stereocenters. The number of hydrogen-bond donors (Lipinski definition) is 1. The summed E-state index contributed by atoms with van der Waals surface area (Å²) in [5, 5.41) is 11.5. The van der Waals surface area contributed by atoms with Gasteiger partial charge in [-0.25, -0.2) is 8.78 Å². The van der Waals surface area contributed by atoms with Crippen LogP contribution in [-0.2, 0) is 0 Å². The molecule has 6 heteroatoms. The largest absolute Gasteiger partial charge is 0.377 e. The minimum atomic E-state index is -0.978. The van der Waals surface area contributed by atoms with Crippen molar-refractivity contribution in [1.82, 2.24) is 0 Å². The van der Waals surface area contributed by atoms with Crippen molar-refractivity contribution in [2.45, 2.75) is 0 Å². The van der Waals surface area contributed by atoms with E-state index in [1.165, 1.54) is 12.1 Å². The zero-order valence-corrected chi connectivity index (χ0v) is 12.2. The van der Waals surface area contributed by atoms with Crippen LogP contribution in [0, 0.1) is 23.0 Å². The van der Waals surface area contributed by atoms with Gasteiger partial charge in [0.1, 0.15) is 6.07 Å². The third-order valence-corrected chi connectivity index (χ3v) is 3.44. The Labute approximate surface area is 128 Å². The molecule has 1 N–H and O–H groups in total. The van der Waals surface area contributed by atoms with Gasteiger partial charge in [0, 0.05) is 21.8 Å². The van der Waals surface area contributed by atoms with Crippen molar-refractivity contribution in [2.24, 2.45) is 0 Å². The van der Waals surface area contributed by atoms with E-state index in [4.69, 9.17) is 5.26 Å². The summed E-state index contributed by atoms with van der Waals surface area (Å²) in [6.45, 7) is -0.0661. The molecule has 0 aliphatic carbocycles. The van der Waals surface area contributed by atoms with Crippen molar-refractivity contribution >= 4 is 27.4 Å². The van der Waals surface area contributed by atoms with E-state index >= 15 is 0 Å². The van der Waals surface area contributed by atoms with Crippen molar-refractivity contribution in [3.63, 3.8) is 0 Å². The second-order valence-electron chi connectivity index (χ2n) is 4.21. The second kappa shape index (κ2) is 6.46. The molecule has 2 aromatic carbocycles. The molecule has 0 spiro atoms. The van der Waals surface area contributed by atoms with E-state index in [1.54, 1.807) is 12.1 Å². The predicted octanol–water partition coefficient (Wildman–Crippen LogP) is 3.89. The molecule has 0 aliphatic rings. The molecule has 0 aliphatic heterocycles. The van der Waals surface area contributed by atoms with E-state index in [-0.39, 0.29) is 12.3 Å². The van der Waals surface area contributed by atoms with Gasteiger partial charge in [-0.3, -0.25) is 4.79 Å². The van der Waals surface area contributed by atoms with Crippen molar-refractivity contribution in [2.75, 3.05) is 11.9 Å². The normalized spacial score (nSPS) is 10.0. The van der Waals surface area contributed by atoms with Gasteiger partial charge < -0.3 is 5.32 Å². The van der Waals surface area contributed by atoms with E-state index in [9.17, 15) is 13.6 Å². The number of benzene rings is 2. The van der Waals surface area contributed by atoms with Crippen molar-refractivity contribution < 1.29 is 13.6 Å². The van der Waals surface area contributed by atoms with Crippen LogP contribution >= 0.6 is 15.9 Å². The van der Waals surface area contributed by atoms with E-state index in [0.717, 1.165) is 12.1 Å². The van der Waals surface area contributed by atoms with Gasteiger partial charge in [-0.2, -0.15) is 5.26 Å². The monoisotopic (exact) mass is 350 g/mol. The zero-order chi connectivity index (χ0) is 15.4. The fraction of sp³-hybridized carbons (Fsp3) is 0.0667. The Bertz CT molecular complexity index is 741. The fourth-order valence-electron chi connectivity index (χ4n) is 1.67. The third-order valence-electron chi connectivity index (χ3n) is 2.78. The van der Waals surface area contributed by atoms with E-state index in [2.05, 4.69) is 21.2 Å². The maximum Gasteiger partial charge on any atom is 0.181 e. The number of nitrogens with zero attached hydrogens (tertiary/aromatic N) is 1. The van der Waals surface area contributed by atoms with Crippen LogP contribution in [0.25, 0.3) is 0 Å². The molecule has 0 radical (unpaired) electrons. The summed E-state index contributed by atoms with van der Waals surface area (Å²) < 4.78 is 26.3. The highest BCUT2D eigenvalue weighted by molar-refractivity contribution is 9.10. The average Bonchev–Trinajstić information content (AvgIpc) is 2.48. The highest BCUT2D eigenvalue weighted by atomic mass is 79.9. The fourth-order valence-corrected chi connectivity index (χ4v) is 2.14. The standard InChI is InChI=1S/C15H9BrF2N2O/c16-12-5-9(1-2-10(12)7-19)15(21)8-20-11-3-4-13(17)14(18)6-11/h1-6,20H,8H2. The van der Waals surface area contributed by atoms with Crippen LogP contribution in [0.2, 0.25) is 0 Å². The van der Waals surface area contributed by atoms with E-state index in [1.807, 2.05) is 6.07 Å². The van der Waals surface area contributed by atoms with Gasteiger partial charge in [-0.05, 0) is 46.3 Å². The van der Waals surface area contributed by atoms with Crippen LogP contribution in [0.15, 0.2) is 40.9 Å². The minimum absolute atomic E-state index is 0.0661. The van der Waals surface area contributed by atoms with Gasteiger partial charge in [0.15, 0.2) is 17.4 Å². The van der Waals surface area contributed by atoms with Crippen molar-refractivity contribution in [1.29, 1.82) is 5.26 Å². The summed E-state index contributed by atoms with van der Waals surface area (Å²) in [4.78, 5) is 12.0. The van der Waals surface area contributed by atoms with Gasteiger partial charge >= 0.3 is 0 Å². The Morgan fingerprint density at radius 2 is 1.95 bits per heavy atom. The Balaban J connectivity index is 2.06. The lowest BCUT2D eigenvalue weighted by atomic mass is 10.1. The molecule has 2 rings (SSSR count). The molecule has 0 bridgehead atoms. The molecule has 0 amide bonds. The lowest BCUT2D eigenvalue weighted by molar-refractivity contribution is 0.101. The van der Waals surface area contributed by atoms with Crippen LogP contribution in [0.1, 0.15) is 15.9 Å². The number of ketones is 1. The molecule has 0 fully saturated rings. The first kappa shape index (κ1) is 15.1. The zero-order valence-electron chi connectivity index (χ0n) is 10.7. The molecule has 0 aromatic heterocycles. The lowest BCUT2D eigenvalue weighted by Gasteiger charge is -2.07. The SMILES string of the molecule is N#Cc1ccc(C(=O)CNc2ccc(F)c(F)c2)cc1Br. The van der Waals surface area contributed by atoms with Crippen LogP contribution in [0.3, 0.4) is 0 Å². The summed E-state index contributed by atoms with van der Waals surface area (Å²) in [5.74, 6) is -2.15. The average molecular weight is 351 g/mol. The first-order chi connectivity index (χ1) is 10.0. The van der Waals surface area contributed by atoms with E-state index < -0.39 is 11.6 Å². The van der Waals surface area contributed by atoms with Gasteiger partial charge in [-0.1, -0.05) is 0 Å². The Kier molecular flexibility index (Phi) is 4.66. The number of nitriles is 1. The summed E-state index contributed by atoms with van der Waals surface area (Å²) in [5.41, 5.74) is 1.16. The Hall–Kier alpha value is -2.26. The molecule has 0 heterocycles. The summed E-state index contributed by atoms with van der Waals surface area (Å²) in [6, 6.07) is 9.92. The molecule has 0 unspecified atom stereocenters. The predicted molar refractivity (Wildman–Crippen MR) is 78.0 cm³/mol. The summed E-state index contributed by atoms with van der Waals surface area (Å²) in [6.07, 6.45) is 0. The number of halogens is 3. The maximum absolute atomic E-state index is 13.0. The molecular formula is C15H9BrF2N2O. The third kappa shape index (κ3) is 3.64. The quantitative estimate of drug-likeness (QED) is 0.851. The molecular weight excluding hydrogens is 342 g/mol. The molecule has 3 nitrogen and oxygen atoms in total. The highest BCUT2D eigenvalue weighted by Gasteiger charge is 2.09. The smallest absolute Gasteiger partial charge is 0.181 e. The van der Waals surface area contributed by atoms with Crippen LogP contribution in [0.5, 0.6) is 0 Å². The first-order valence-corrected chi connectivity index (χ1v) is 6.72. The first-order valence-electron chi connectivity index (χ1n) is 5.93. The van der Waals surface area contributed by atoms with Gasteiger partial charge in [0.2, 0.25) is 0 Å². The van der Waals surface area contributed by atoms with E-state index in [0.29, 0.717) is 21.3 Å². The molecule has 2 aromatic rings. The van der Waals surface area contributed by atoms with Gasteiger partial charge in [0.25, 0.3) is 0 Å². The maximum atomic E-state index is 13.0. The Morgan fingerprint density at radius 3 is 2.57 bits per heavy atom. The molecule has 0 saturated carbocycles. The number of rotatable bonds is 4. The number of hydrogen-bond acceptors (Lipinski definition) is 3. The second-order valence-corrected chi connectivity index (χ2v) is 5.07. The number of anilines is 1. The number of carbonyl (C=O) groups is 1. The molecule has 0 saturated heterocycles. The number of Topliss-reactive ketones (excluding diaryl/α,β-unsaturated/α-hetero) is 1. The van der Waals surface area contributed by atoms with Crippen molar-refractivity contribution in [3.05, 3.63) is 63.6 Å². The van der Waals surface area contributed by atoms with Crippen molar-refractivity contribution in [3.8, 4) is 6.07 Å². The lowest BCUT2D eigenvalue weighted by Crippen LogP contribution is -2.14. The summed E-state index contributed by atoms with van der Waals surface area (Å²) in [7, 11) is 0. The number of carbonyl (C=O) groups excluding carboxylic acids is 1.